The van der Waals surface area contributed by atoms with E-state index >= 15 is 0 Å². The van der Waals surface area contributed by atoms with Crippen molar-refractivity contribution in [2.24, 2.45) is 5.41 Å². The van der Waals surface area contributed by atoms with Crippen LogP contribution >= 0.6 is 11.3 Å². The summed E-state index contributed by atoms with van der Waals surface area (Å²) in [6.45, 7) is 6.32. The van der Waals surface area contributed by atoms with Gasteiger partial charge in [-0.2, -0.15) is 0 Å². The van der Waals surface area contributed by atoms with E-state index in [0.29, 0.717) is 10.7 Å². The smallest absolute Gasteiger partial charge is 0.270 e. The van der Waals surface area contributed by atoms with Crippen LogP contribution < -0.4 is 5.32 Å². The van der Waals surface area contributed by atoms with E-state index in [0.717, 1.165) is 11.4 Å². The molecule has 0 saturated heterocycles. The molecule has 2 aromatic rings. The average molecular weight is 346 g/mol. The molecule has 0 aliphatic carbocycles. The van der Waals surface area contributed by atoms with Crippen molar-refractivity contribution in [3.05, 3.63) is 51.0 Å². The Kier molecular flexibility index (Phi) is 5.40. The summed E-state index contributed by atoms with van der Waals surface area (Å²) >= 11 is 1.34. The monoisotopic (exact) mass is 346 g/mol. The van der Waals surface area contributed by atoms with Crippen molar-refractivity contribution in [1.82, 2.24) is 10.2 Å². The van der Waals surface area contributed by atoms with Gasteiger partial charge in [0.2, 0.25) is 11.0 Å². The molecule has 0 atom stereocenters. The second-order valence-electron chi connectivity index (χ2n) is 6.41. The summed E-state index contributed by atoms with van der Waals surface area (Å²) in [5, 5.41) is 22.7. The van der Waals surface area contributed by atoms with E-state index in [2.05, 4.69) is 36.3 Å². The molecule has 0 spiro atoms. The lowest BCUT2D eigenvalue weighted by atomic mass is 9.93. The minimum Gasteiger partial charge on any atom is -0.297 e. The molecule has 0 radical (unpaired) electrons. The average Bonchev–Trinajstić information content (AvgIpc) is 2.90. The summed E-state index contributed by atoms with van der Waals surface area (Å²) < 4.78 is 0. The van der Waals surface area contributed by atoms with Crippen LogP contribution in [-0.2, 0) is 11.2 Å². The number of aromatic nitrogens is 2. The highest BCUT2D eigenvalue weighted by Crippen LogP contribution is 2.24. The van der Waals surface area contributed by atoms with Crippen LogP contribution in [0.4, 0.5) is 10.8 Å². The number of anilines is 1. The predicted octanol–water partition coefficient (Wildman–Crippen LogP) is 3.69. The summed E-state index contributed by atoms with van der Waals surface area (Å²) in [6, 6.07) is 6.05. The zero-order chi connectivity index (χ0) is 17.7. The molecule has 0 fully saturated rings. The van der Waals surface area contributed by atoms with E-state index in [9.17, 15) is 14.9 Å². The summed E-state index contributed by atoms with van der Waals surface area (Å²) in [5.74, 6) is -0.361. The third kappa shape index (κ3) is 5.54. The number of nitro groups is 1. The molecule has 24 heavy (non-hydrogen) atoms. The molecule has 1 heterocycles. The van der Waals surface area contributed by atoms with Gasteiger partial charge in [-0.25, -0.2) is 0 Å². The van der Waals surface area contributed by atoms with E-state index in [1.54, 1.807) is 12.1 Å². The van der Waals surface area contributed by atoms with Gasteiger partial charge in [0.1, 0.15) is 5.01 Å². The minimum atomic E-state index is -0.477. The molecule has 2 rings (SSSR count). The molecule has 0 unspecified atom stereocenters. The van der Waals surface area contributed by atoms with Gasteiger partial charge in [0.15, 0.2) is 0 Å². The van der Waals surface area contributed by atoms with Crippen molar-refractivity contribution in [3.8, 4) is 0 Å². The molecule has 1 amide bonds. The number of hydrogen-bond acceptors (Lipinski definition) is 6. The number of carbonyl (C=O) groups excluding carboxylic acids is 1. The normalized spacial score (nSPS) is 11.6. The number of nitrogens with one attached hydrogen (secondary N) is 1. The molecule has 1 aromatic heterocycles. The number of hydrogen-bond donors (Lipinski definition) is 1. The maximum Gasteiger partial charge on any atom is 0.270 e. The molecule has 0 bridgehead atoms. The Labute approximate surface area is 143 Å². The van der Waals surface area contributed by atoms with Crippen molar-refractivity contribution >= 4 is 34.1 Å². The molecule has 0 aliphatic heterocycles. The molecular formula is C16H18N4O3S. The maximum atomic E-state index is 11.9. The van der Waals surface area contributed by atoms with Crippen LogP contribution in [0.25, 0.3) is 6.08 Å². The zero-order valence-electron chi connectivity index (χ0n) is 13.6. The number of carbonyl (C=O) groups is 1. The number of non-ortho nitro benzene ring substituents is 1. The minimum absolute atomic E-state index is 0.0199. The lowest BCUT2D eigenvalue weighted by molar-refractivity contribution is -0.384. The van der Waals surface area contributed by atoms with Crippen LogP contribution in [0.2, 0.25) is 0 Å². The van der Waals surface area contributed by atoms with Gasteiger partial charge in [-0.1, -0.05) is 44.2 Å². The first-order chi connectivity index (χ1) is 11.2. The predicted molar refractivity (Wildman–Crippen MR) is 93.8 cm³/mol. The first-order valence-electron chi connectivity index (χ1n) is 7.29. The van der Waals surface area contributed by atoms with Gasteiger partial charge >= 0.3 is 0 Å². The van der Waals surface area contributed by atoms with Gasteiger partial charge in [0.05, 0.1) is 4.92 Å². The van der Waals surface area contributed by atoms with Crippen LogP contribution in [0.15, 0.2) is 30.3 Å². The van der Waals surface area contributed by atoms with Crippen molar-refractivity contribution in [3.63, 3.8) is 0 Å². The van der Waals surface area contributed by atoms with Crippen molar-refractivity contribution in [2.45, 2.75) is 27.2 Å². The van der Waals surface area contributed by atoms with Gasteiger partial charge in [0.25, 0.3) is 5.69 Å². The molecule has 0 saturated carbocycles. The largest absolute Gasteiger partial charge is 0.297 e. The Morgan fingerprint density at radius 2 is 2.12 bits per heavy atom. The second-order valence-corrected chi connectivity index (χ2v) is 7.48. The Hall–Kier alpha value is -2.61. The van der Waals surface area contributed by atoms with Gasteiger partial charge < -0.3 is 0 Å². The molecule has 1 N–H and O–H groups in total. The summed E-state index contributed by atoms with van der Waals surface area (Å²) in [6.07, 6.45) is 3.60. The van der Waals surface area contributed by atoms with E-state index < -0.39 is 4.92 Å². The van der Waals surface area contributed by atoms with Gasteiger partial charge in [-0.05, 0) is 17.1 Å². The number of rotatable bonds is 5. The molecular weight excluding hydrogens is 328 g/mol. The van der Waals surface area contributed by atoms with Crippen molar-refractivity contribution < 1.29 is 9.72 Å². The van der Waals surface area contributed by atoms with Crippen LogP contribution in [0.5, 0.6) is 0 Å². The van der Waals surface area contributed by atoms with Gasteiger partial charge in [-0.3, -0.25) is 20.2 Å². The second kappa shape index (κ2) is 7.31. The quantitative estimate of drug-likeness (QED) is 0.506. The van der Waals surface area contributed by atoms with E-state index in [1.165, 1.54) is 35.6 Å². The Balaban J connectivity index is 1.98. The van der Waals surface area contributed by atoms with Crippen LogP contribution in [-0.4, -0.2) is 21.0 Å². The first kappa shape index (κ1) is 17.7. The highest BCUT2D eigenvalue weighted by Gasteiger charge is 2.15. The van der Waals surface area contributed by atoms with Crippen LogP contribution in [0.3, 0.4) is 0 Å². The van der Waals surface area contributed by atoms with Gasteiger partial charge in [0, 0.05) is 24.6 Å². The zero-order valence-corrected chi connectivity index (χ0v) is 14.5. The van der Waals surface area contributed by atoms with Crippen LogP contribution in [0.1, 0.15) is 31.3 Å². The number of nitrogens with zero attached hydrogens (tertiary/aromatic N) is 3. The summed E-state index contributed by atoms with van der Waals surface area (Å²) in [7, 11) is 0. The van der Waals surface area contributed by atoms with Gasteiger partial charge in [-0.15, -0.1) is 10.2 Å². The fourth-order valence-electron chi connectivity index (χ4n) is 1.89. The Bertz CT molecular complexity index is 778. The molecule has 126 valence electrons. The van der Waals surface area contributed by atoms with Crippen LogP contribution in [0, 0.1) is 15.5 Å². The maximum absolute atomic E-state index is 11.9. The van der Waals surface area contributed by atoms with E-state index in [4.69, 9.17) is 0 Å². The third-order valence-corrected chi connectivity index (χ3v) is 3.73. The number of benzene rings is 1. The Morgan fingerprint density at radius 1 is 1.38 bits per heavy atom. The molecule has 1 aromatic carbocycles. The molecule has 7 nitrogen and oxygen atoms in total. The van der Waals surface area contributed by atoms with E-state index in [-0.39, 0.29) is 17.0 Å². The standard InChI is InChI=1S/C16H18N4O3S/c1-16(2,3)10-14-18-19-15(24-14)17-13(21)8-7-11-5-4-6-12(9-11)20(22)23/h4-9H,10H2,1-3H3,(H,17,19,21)/b8-7+. The summed E-state index contributed by atoms with van der Waals surface area (Å²) in [5.41, 5.74) is 0.654. The van der Waals surface area contributed by atoms with Crippen molar-refractivity contribution in [2.75, 3.05) is 5.32 Å². The lowest BCUT2D eigenvalue weighted by Crippen LogP contribution is -2.08. The van der Waals surface area contributed by atoms with E-state index in [1.807, 2.05) is 0 Å². The SMILES string of the molecule is CC(C)(C)Cc1nnc(NC(=O)/C=C/c2cccc([N+](=O)[O-])c2)s1. The summed E-state index contributed by atoms with van der Waals surface area (Å²) in [4.78, 5) is 22.2. The first-order valence-corrected chi connectivity index (χ1v) is 8.10. The lowest BCUT2D eigenvalue weighted by Gasteiger charge is -2.14. The molecule has 8 heteroatoms. The topological polar surface area (TPSA) is 98.0 Å². The fraction of sp³-hybridized carbons (Fsp3) is 0.312. The Morgan fingerprint density at radius 3 is 2.79 bits per heavy atom. The number of amides is 1. The number of nitro benzene ring substituents is 1. The highest BCUT2D eigenvalue weighted by atomic mass is 32.1. The molecule has 0 aliphatic rings. The third-order valence-electron chi connectivity index (χ3n) is 2.89. The fourth-order valence-corrected chi connectivity index (χ4v) is 2.93. The highest BCUT2D eigenvalue weighted by molar-refractivity contribution is 7.15. The van der Waals surface area contributed by atoms with Crippen molar-refractivity contribution in [1.29, 1.82) is 0 Å².